The molecule has 3 aromatic rings. The Balaban J connectivity index is 1.72. The number of rotatable bonds is 7. The molecule has 2 heterocycles. The van der Waals surface area contributed by atoms with E-state index in [4.69, 9.17) is 4.42 Å². The molecule has 0 bridgehead atoms. The zero-order valence-electron chi connectivity index (χ0n) is 12.2. The number of hydrogen-bond acceptors (Lipinski definition) is 4. The Morgan fingerprint density at radius 2 is 2.00 bits per heavy atom. The molecule has 3 rings (SSSR count). The van der Waals surface area contributed by atoms with Crippen LogP contribution < -0.4 is 0 Å². The summed E-state index contributed by atoms with van der Waals surface area (Å²) >= 11 is 1.70. The van der Waals surface area contributed by atoms with Crippen LogP contribution >= 0.6 is 11.8 Å². The first-order valence-electron chi connectivity index (χ1n) is 7.13. The molecule has 0 saturated carbocycles. The minimum atomic E-state index is 0.663. The van der Waals surface area contributed by atoms with Crippen molar-refractivity contribution in [1.29, 1.82) is 0 Å². The van der Waals surface area contributed by atoms with Crippen molar-refractivity contribution in [1.82, 2.24) is 14.8 Å². The number of furan rings is 1. The summed E-state index contributed by atoms with van der Waals surface area (Å²) < 4.78 is 7.46. The minimum absolute atomic E-state index is 0.663. The third-order valence-corrected chi connectivity index (χ3v) is 4.20. The topological polar surface area (TPSA) is 43.9 Å². The zero-order valence-corrected chi connectivity index (χ0v) is 13.0. The van der Waals surface area contributed by atoms with E-state index in [1.54, 1.807) is 18.0 Å². The van der Waals surface area contributed by atoms with Crippen molar-refractivity contribution < 1.29 is 4.42 Å². The summed E-state index contributed by atoms with van der Waals surface area (Å²) in [5.74, 6) is 2.42. The van der Waals surface area contributed by atoms with Crippen LogP contribution in [0.15, 0.2) is 71.0 Å². The van der Waals surface area contributed by atoms with Crippen molar-refractivity contribution in [3.8, 4) is 11.6 Å². The molecule has 0 aliphatic rings. The summed E-state index contributed by atoms with van der Waals surface area (Å²) in [6.07, 6.45) is 4.49. The van der Waals surface area contributed by atoms with Crippen molar-refractivity contribution in [2.45, 2.75) is 18.1 Å². The first-order chi connectivity index (χ1) is 10.9. The Morgan fingerprint density at radius 3 is 2.73 bits per heavy atom. The van der Waals surface area contributed by atoms with Gasteiger partial charge in [-0.1, -0.05) is 48.2 Å². The van der Waals surface area contributed by atoms with Gasteiger partial charge in [-0.05, 0) is 24.1 Å². The molecule has 0 amide bonds. The first-order valence-corrected chi connectivity index (χ1v) is 8.11. The van der Waals surface area contributed by atoms with Crippen molar-refractivity contribution in [3.63, 3.8) is 0 Å². The van der Waals surface area contributed by atoms with Crippen LogP contribution in [0.5, 0.6) is 0 Å². The fraction of sp³-hybridized carbons (Fsp3) is 0.176. The van der Waals surface area contributed by atoms with E-state index in [0.29, 0.717) is 6.54 Å². The van der Waals surface area contributed by atoms with Gasteiger partial charge in [0.1, 0.15) is 0 Å². The highest BCUT2D eigenvalue weighted by Crippen LogP contribution is 2.24. The normalized spacial score (nSPS) is 10.7. The summed E-state index contributed by atoms with van der Waals surface area (Å²) in [5, 5.41) is 9.43. The highest BCUT2D eigenvalue weighted by atomic mass is 32.2. The molecule has 22 heavy (non-hydrogen) atoms. The second-order valence-electron chi connectivity index (χ2n) is 4.77. The number of aromatic nitrogens is 3. The zero-order chi connectivity index (χ0) is 15.2. The number of benzene rings is 1. The lowest BCUT2D eigenvalue weighted by atomic mass is 10.2. The third kappa shape index (κ3) is 3.31. The van der Waals surface area contributed by atoms with Crippen LogP contribution in [-0.2, 0) is 13.0 Å². The van der Waals surface area contributed by atoms with E-state index in [9.17, 15) is 0 Å². The molecule has 0 unspecified atom stereocenters. The van der Waals surface area contributed by atoms with Gasteiger partial charge >= 0.3 is 0 Å². The van der Waals surface area contributed by atoms with Gasteiger partial charge in [-0.15, -0.1) is 16.8 Å². The Labute approximate surface area is 133 Å². The molecule has 0 N–H and O–H groups in total. The van der Waals surface area contributed by atoms with Crippen LogP contribution in [-0.4, -0.2) is 20.5 Å². The average Bonchev–Trinajstić information content (AvgIpc) is 3.19. The lowest BCUT2D eigenvalue weighted by Crippen LogP contribution is -2.01. The number of nitrogens with zero attached hydrogens (tertiary/aromatic N) is 3. The maximum Gasteiger partial charge on any atom is 0.200 e. The van der Waals surface area contributed by atoms with Crippen LogP contribution in [0.4, 0.5) is 0 Å². The van der Waals surface area contributed by atoms with Crippen LogP contribution in [0.25, 0.3) is 11.6 Å². The van der Waals surface area contributed by atoms with Gasteiger partial charge in [0.05, 0.1) is 6.26 Å². The summed E-state index contributed by atoms with van der Waals surface area (Å²) in [6.45, 7) is 4.47. The second-order valence-corrected chi connectivity index (χ2v) is 5.83. The number of aryl methyl sites for hydroxylation is 1. The van der Waals surface area contributed by atoms with Crippen LogP contribution in [0.3, 0.4) is 0 Å². The fourth-order valence-corrected chi connectivity index (χ4v) is 3.12. The quantitative estimate of drug-likeness (QED) is 0.487. The van der Waals surface area contributed by atoms with Crippen molar-refractivity contribution in [3.05, 3.63) is 66.9 Å². The number of thioether (sulfide) groups is 1. The molecular formula is C17H17N3OS. The van der Waals surface area contributed by atoms with E-state index >= 15 is 0 Å². The highest BCUT2D eigenvalue weighted by Gasteiger charge is 2.15. The summed E-state index contributed by atoms with van der Waals surface area (Å²) in [4.78, 5) is 0. The van der Waals surface area contributed by atoms with Crippen molar-refractivity contribution in [2.24, 2.45) is 0 Å². The maximum atomic E-state index is 5.43. The predicted molar refractivity (Wildman–Crippen MR) is 88.8 cm³/mol. The number of hydrogen-bond donors (Lipinski definition) is 0. The second kappa shape index (κ2) is 7.13. The summed E-state index contributed by atoms with van der Waals surface area (Å²) in [6, 6.07) is 14.2. The predicted octanol–water partition coefficient (Wildman–Crippen LogP) is 4.06. The Kier molecular flexibility index (Phi) is 4.75. The molecule has 112 valence electrons. The molecule has 0 radical (unpaired) electrons. The van der Waals surface area contributed by atoms with E-state index in [2.05, 4.69) is 41.0 Å². The Hall–Kier alpha value is -2.27. The van der Waals surface area contributed by atoms with E-state index in [-0.39, 0.29) is 0 Å². The molecule has 4 nitrogen and oxygen atoms in total. The van der Waals surface area contributed by atoms with Gasteiger partial charge in [-0.25, -0.2) is 0 Å². The Morgan fingerprint density at radius 1 is 1.14 bits per heavy atom. The van der Waals surface area contributed by atoms with E-state index in [1.165, 1.54) is 5.56 Å². The molecule has 0 aliphatic carbocycles. The Bertz CT molecular complexity index is 720. The van der Waals surface area contributed by atoms with Gasteiger partial charge in [0.15, 0.2) is 10.9 Å². The minimum Gasteiger partial charge on any atom is -0.461 e. The number of allylic oxidation sites excluding steroid dienone is 1. The largest absolute Gasteiger partial charge is 0.461 e. The van der Waals surface area contributed by atoms with Crippen molar-refractivity contribution in [2.75, 3.05) is 5.75 Å². The van der Waals surface area contributed by atoms with Gasteiger partial charge < -0.3 is 4.42 Å². The van der Waals surface area contributed by atoms with Gasteiger partial charge in [-0.2, -0.15) is 0 Å². The van der Waals surface area contributed by atoms with E-state index in [0.717, 1.165) is 28.9 Å². The maximum absolute atomic E-state index is 5.43. The SMILES string of the molecule is C=CCn1c(SCCc2ccccc2)nnc1-c1ccco1. The van der Waals surface area contributed by atoms with Crippen LogP contribution in [0.2, 0.25) is 0 Å². The summed E-state index contributed by atoms with van der Waals surface area (Å²) in [7, 11) is 0. The van der Waals surface area contributed by atoms with E-state index < -0.39 is 0 Å². The van der Waals surface area contributed by atoms with Crippen molar-refractivity contribution >= 4 is 11.8 Å². The molecule has 5 heteroatoms. The molecule has 0 spiro atoms. The molecule has 2 aromatic heterocycles. The highest BCUT2D eigenvalue weighted by molar-refractivity contribution is 7.99. The smallest absolute Gasteiger partial charge is 0.200 e. The average molecular weight is 311 g/mol. The van der Waals surface area contributed by atoms with E-state index in [1.807, 2.05) is 28.8 Å². The van der Waals surface area contributed by atoms with Crippen LogP contribution in [0, 0.1) is 0 Å². The standard InChI is InChI=1S/C17H17N3OS/c1-2-11-20-16(15-9-6-12-21-15)18-19-17(20)22-13-10-14-7-4-3-5-8-14/h2-9,12H,1,10-11,13H2. The summed E-state index contributed by atoms with van der Waals surface area (Å²) in [5.41, 5.74) is 1.33. The third-order valence-electron chi connectivity index (χ3n) is 3.23. The van der Waals surface area contributed by atoms with Gasteiger partial charge in [0.25, 0.3) is 0 Å². The molecule has 0 aliphatic heterocycles. The molecule has 0 saturated heterocycles. The molecule has 1 aromatic carbocycles. The first kappa shape index (κ1) is 14.7. The van der Waals surface area contributed by atoms with Gasteiger partial charge in [-0.3, -0.25) is 4.57 Å². The lowest BCUT2D eigenvalue weighted by Gasteiger charge is -2.06. The monoisotopic (exact) mass is 311 g/mol. The van der Waals surface area contributed by atoms with Gasteiger partial charge in [0.2, 0.25) is 5.82 Å². The van der Waals surface area contributed by atoms with Gasteiger partial charge in [0, 0.05) is 12.3 Å². The fourth-order valence-electron chi connectivity index (χ4n) is 2.18. The molecular weight excluding hydrogens is 294 g/mol. The lowest BCUT2D eigenvalue weighted by molar-refractivity contribution is 0.569. The molecule has 0 fully saturated rings. The molecule has 0 atom stereocenters. The van der Waals surface area contributed by atoms with Crippen LogP contribution in [0.1, 0.15) is 5.56 Å².